The molecule has 0 spiro atoms. The number of halogens is 1. The highest BCUT2D eigenvalue weighted by molar-refractivity contribution is 6.62. The Hall–Kier alpha value is -0.985. The molecule has 21 heavy (non-hydrogen) atoms. The minimum absolute atomic E-state index is 0.0770. The van der Waals surface area contributed by atoms with Crippen molar-refractivity contribution in [1.29, 1.82) is 0 Å². The topological polar surface area (TPSA) is 51.2 Å². The Kier molecular flexibility index (Phi) is 4.42. The molecule has 0 atom stereocenters. The van der Waals surface area contributed by atoms with Gasteiger partial charge in [-0.25, -0.2) is 4.39 Å². The molecule has 1 saturated heterocycles. The number of rotatable bonds is 4. The van der Waals surface area contributed by atoms with Crippen LogP contribution in [0.3, 0.4) is 0 Å². The van der Waals surface area contributed by atoms with E-state index in [-0.39, 0.29) is 6.61 Å². The fourth-order valence-electron chi connectivity index (χ4n) is 1.99. The van der Waals surface area contributed by atoms with Crippen molar-refractivity contribution in [2.45, 2.75) is 45.5 Å². The van der Waals surface area contributed by atoms with Crippen molar-refractivity contribution < 1.29 is 23.7 Å². The summed E-state index contributed by atoms with van der Waals surface area (Å²) in [5.41, 5.74) is -0.0554. The molecule has 0 bridgehead atoms. The number of hydrogen-bond donors (Lipinski definition) is 1. The summed E-state index contributed by atoms with van der Waals surface area (Å²) in [7, 11) is 0.611. The van der Waals surface area contributed by atoms with Gasteiger partial charge in [-0.3, -0.25) is 10.0 Å². The van der Waals surface area contributed by atoms with Crippen LogP contribution >= 0.6 is 0 Å². The van der Waals surface area contributed by atoms with Crippen LogP contribution in [-0.2, 0) is 20.8 Å². The van der Waals surface area contributed by atoms with Gasteiger partial charge in [0.1, 0.15) is 5.82 Å². The van der Waals surface area contributed by atoms with Crippen LogP contribution in [0.1, 0.15) is 33.3 Å². The van der Waals surface area contributed by atoms with Crippen molar-refractivity contribution in [3.8, 4) is 0 Å². The number of hydroxylamine groups is 2. The van der Waals surface area contributed by atoms with Crippen LogP contribution < -0.4 is 5.46 Å². The van der Waals surface area contributed by atoms with Crippen LogP contribution in [0.25, 0.3) is 0 Å². The molecule has 1 N–H and O–H groups in total. The first-order valence-electron chi connectivity index (χ1n) is 6.82. The summed E-state index contributed by atoms with van der Waals surface area (Å²) in [5, 5.41) is 9.49. The third-order valence-electron chi connectivity index (χ3n) is 3.99. The van der Waals surface area contributed by atoms with Gasteiger partial charge in [-0.2, -0.15) is 0 Å². The Balaban J connectivity index is 2.15. The fourth-order valence-corrected chi connectivity index (χ4v) is 1.99. The number of nitrogens with zero attached hydrogens (tertiary/aromatic N) is 1. The van der Waals surface area contributed by atoms with Crippen molar-refractivity contribution >= 4 is 12.6 Å². The number of benzene rings is 1. The Morgan fingerprint density at radius 3 is 2.29 bits per heavy atom. The van der Waals surface area contributed by atoms with E-state index < -0.39 is 24.1 Å². The molecule has 1 aliphatic heterocycles. The first-order chi connectivity index (χ1) is 9.62. The second kappa shape index (κ2) is 5.66. The zero-order valence-electron chi connectivity index (χ0n) is 13.0. The largest absolute Gasteiger partial charge is 0.497 e. The van der Waals surface area contributed by atoms with E-state index in [2.05, 4.69) is 0 Å². The van der Waals surface area contributed by atoms with E-state index in [0.717, 1.165) is 0 Å². The fraction of sp³-hybridized carbons (Fsp3) is 0.571. The van der Waals surface area contributed by atoms with Gasteiger partial charge in [-0.15, -0.1) is 0 Å². The molecule has 2 rings (SSSR count). The first-order valence-corrected chi connectivity index (χ1v) is 6.82. The first kappa shape index (κ1) is 16.4. The van der Waals surface area contributed by atoms with Crippen LogP contribution in [0, 0.1) is 5.82 Å². The van der Waals surface area contributed by atoms with Crippen LogP contribution in [0.15, 0.2) is 18.2 Å². The maximum Gasteiger partial charge on any atom is 0.497 e. The highest BCUT2D eigenvalue weighted by atomic mass is 19.1. The summed E-state index contributed by atoms with van der Waals surface area (Å²) in [6, 6.07) is 4.68. The minimum Gasteiger partial charge on any atom is -0.399 e. The lowest BCUT2D eigenvalue weighted by Gasteiger charge is -2.32. The molecule has 5 nitrogen and oxygen atoms in total. The normalized spacial score (nSPS) is 20.3. The molecular weight excluding hydrogens is 276 g/mol. The molecule has 1 aromatic carbocycles. The zero-order chi connectivity index (χ0) is 15.8. The molecule has 0 aromatic heterocycles. The summed E-state index contributed by atoms with van der Waals surface area (Å²) in [4.78, 5) is 4.87. The van der Waals surface area contributed by atoms with Crippen LogP contribution in [0.5, 0.6) is 0 Å². The summed E-state index contributed by atoms with van der Waals surface area (Å²) in [5.74, 6) is -0.421. The van der Waals surface area contributed by atoms with Crippen LogP contribution in [0.2, 0.25) is 0 Å². The molecule has 0 aliphatic carbocycles. The highest BCUT2D eigenvalue weighted by Gasteiger charge is 2.52. The molecule has 116 valence electrons. The Labute approximate surface area is 124 Å². The van der Waals surface area contributed by atoms with Gasteiger partial charge in [-0.1, -0.05) is 17.4 Å². The average Bonchev–Trinajstić information content (AvgIpc) is 2.55. The van der Waals surface area contributed by atoms with E-state index in [9.17, 15) is 4.39 Å². The van der Waals surface area contributed by atoms with Crippen molar-refractivity contribution in [3.05, 3.63) is 29.6 Å². The lowest BCUT2D eigenvalue weighted by molar-refractivity contribution is -0.330. The van der Waals surface area contributed by atoms with E-state index in [1.54, 1.807) is 12.1 Å². The predicted octanol–water partition coefficient (Wildman–Crippen LogP) is 1.88. The molecule has 0 radical (unpaired) electrons. The summed E-state index contributed by atoms with van der Waals surface area (Å²) in [6.07, 6.45) is 0. The molecule has 0 saturated carbocycles. The van der Waals surface area contributed by atoms with E-state index in [4.69, 9.17) is 19.4 Å². The molecule has 0 amide bonds. The van der Waals surface area contributed by atoms with Crippen molar-refractivity contribution in [1.82, 2.24) is 5.23 Å². The van der Waals surface area contributed by atoms with E-state index in [1.807, 2.05) is 27.7 Å². The van der Waals surface area contributed by atoms with Crippen molar-refractivity contribution in [2.24, 2.45) is 0 Å². The Morgan fingerprint density at radius 1 is 1.24 bits per heavy atom. The third-order valence-corrected chi connectivity index (χ3v) is 3.99. The highest BCUT2D eigenvalue weighted by Crippen LogP contribution is 2.36. The summed E-state index contributed by atoms with van der Waals surface area (Å²) >= 11 is 0. The molecule has 1 aliphatic rings. The van der Waals surface area contributed by atoms with Gasteiger partial charge in [0.15, 0.2) is 0 Å². The van der Waals surface area contributed by atoms with E-state index in [1.165, 1.54) is 13.1 Å². The molecule has 1 heterocycles. The Morgan fingerprint density at radius 2 is 1.81 bits per heavy atom. The molecular formula is C14H21BFNO4. The maximum atomic E-state index is 14.2. The number of hydrogen-bond acceptors (Lipinski definition) is 5. The SMILES string of the molecule is CN(O)OCc1ccc(B2OC(C)(C)C(C)(C)O2)c(F)c1. The van der Waals surface area contributed by atoms with Crippen LogP contribution in [-0.4, -0.2) is 35.8 Å². The molecule has 7 heteroatoms. The van der Waals surface area contributed by atoms with Crippen LogP contribution in [0.4, 0.5) is 4.39 Å². The second-order valence-corrected chi connectivity index (χ2v) is 6.18. The van der Waals surface area contributed by atoms with Gasteiger partial charge in [-0.05, 0) is 39.3 Å². The van der Waals surface area contributed by atoms with Gasteiger partial charge in [0.25, 0.3) is 0 Å². The third kappa shape index (κ3) is 3.44. The predicted molar refractivity (Wildman–Crippen MR) is 76.5 cm³/mol. The smallest absolute Gasteiger partial charge is 0.399 e. The standard InChI is InChI=1S/C14H21BFNO4/c1-13(2)14(3,4)21-15(20-13)11-7-6-10(8-12(11)16)9-19-17(5)18/h6-8,18H,9H2,1-5H3. The van der Waals surface area contributed by atoms with Crippen molar-refractivity contribution in [2.75, 3.05) is 7.05 Å². The molecule has 1 aromatic rings. The lowest BCUT2D eigenvalue weighted by atomic mass is 9.78. The van der Waals surface area contributed by atoms with Gasteiger partial charge in [0.2, 0.25) is 0 Å². The summed E-state index contributed by atoms with van der Waals surface area (Å²) < 4.78 is 25.9. The second-order valence-electron chi connectivity index (χ2n) is 6.18. The van der Waals surface area contributed by atoms with Gasteiger partial charge in [0.05, 0.1) is 17.8 Å². The van der Waals surface area contributed by atoms with E-state index in [0.29, 0.717) is 16.3 Å². The zero-order valence-corrected chi connectivity index (χ0v) is 13.0. The molecule has 1 fully saturated rings. The average molecular weight is 297 g/mol. The van der Waals surface area contributed by atoms with Gasteiger partial charge < -0.3 is 9.31 Å². The summed E-state index contributed by atoms with van der Waals surface area (Å²) in [6.45, 7) is 7.76. The lowest BCUT2D eigenvalue weighted by Crippen LogP contribution is -2.41. The van der Waals surface area contributed by atoms with Crippen molar-refractivity contribution in [3.63, 3.8) is 0 Å². The van der Waals surface area contributed by atoms with E-state index >= 15 is 0 Å². The molecule has 0 unspecified atom stereocenters. The maximum absolute atomic E-state index is 14.2. The van der Waals surface area contributed by atoms with Gasteiger partial charge in [0, 0.05) is 12.5 Å². The van der Waals surface area contributed by atoms with Gasteiger partial charge >= 0.3 is 7.12 Å². The minimum atomic E-state index is -0.731. The quantitative estimate of drug-likeness (QED) is 0.679. The Bertz CT molecular complexity index is 506. The monoisotopic (exact) mass is 297 g/mol.